The molecule has 0 aromatic heterocycles. The molecule has 3 aliphatic heterocycles. The van der Waals surface area contributed by atoms with Crippen molar-refractivity contribution in [1.82, 2.24) is 10.2 Å². The number of nitrogens with one attached hydrogen (secondary N) is 3. The molecule has 0 bridgehead atoms. The van der Waals surface area contributed by atoms with Crippen LogP contribution in [0.2, 0.25) is 0 Å². The molecule has 1 fully saturated rings. The molecule has 2 aromatic rings. The molecule has 0 radical (unpaired) electrons. The standard InChI is InChI=1S/C23H22N4O4.ClH/c28-20-8-7-19(22(30)26-20)27-12-15-10-14(4-6-17(15)23(27)31)21(29)25-16-5-3-13-2-1-9-24-18(13)11-16;/h3-6,10-11,19,24H,1-2,7-9,12H2,(H,25,29)(H,26,28,30);1H. The third-order valence-electron chi connectivity index (χ3n) is 6.09. The maximum atomic E-state index is 12.8. The van der Waals surface area contributed by atoms with E-state index in [1.54, 1.807) is 18.2 Å². The lowest BCUT2D eigenvalue weighted by Gasteiger charge is -2.29. The summed E-state index contributed by atoms with van der Waals surface area (Å²) in [6.07, 6.45) is 2.64. The highest BCUT2D eigenvalue weighted by atomic mass is 35.5. The number of carbonyl (C=O) groups is 4. The van der Waals surface area contributed by atoms with Crippen molar-refractivity contribution >= 4 is 47.4 Å². The lowest BCUT2D eigenvalue weighted by Crippen LogP contribution is -2.52. The van der Waals surface area contributed by atoms with E-state index in [0.29, 0.717) is 28.8 Å². The fourth-order valence-corrected chi connectivity index (χ4v) is 4.46. The average molecular weight is 455 g/mol. The number of halogens is 1. The Morgan fingerprint density at radius 2 is 1.88 bits per heavy atom. The van der Waals surface area contributed by atoms with Gasteiger partial charge in [-0.2, -0.15) is 0 Å². The molecule has 3 N–H and O–H groups in total. The molecule has 166 valence electrons. The number of piperidine rings is 1. The number of amides is 4. The molecule has 32 heavy (non-hydrogen) atoms. The van der Waals surface area contributed by atoms with Crippen LogP contribution in [-0.2, 0) is 22.6 Å². The molecule has 9 heteroatoms. The molecule has 0 aliphatic carbocycles. The number of hydrogen-bond donors (Lipinski definition) is 3. The molecule has 1 atom stereocenters. The van der Waals surface area contributed by atoms with Gasteiger partial charge in [0.05, 0.1) is 0 Å². The quantitative estimate of drug-likeness (QED) is 0.617. The number of fused-ring (bicyclic) bond motifs is 2. The molecular formula is C23H23ClN4O4. The first-order chi connectivity index (χ1) is 15.0. The lowest BCUT2D eigenvalue weighted by molar-refractivity contribution is -0.136. The Morgan fingerprint density at radius 1 is 1.03 bits per heavy atom. The van der Waals surface area contributed by atoms with Gasteiger partial charge in [-0.15, -0.1) is 12.4 Å². The number of carbonyl (C=O) groups excluding carboxylic acids is 4. The van der Waals surface area contributed by atoms with Crippen LogP contribution in [0.4, 0.5) is 11.4 Å². The third kappa shape index (κ3) is 3.93. The molecule has 3 aliphatic rings. The third-order valence-corrected chi connectivity index (χ3v) is 6.09. The Labute approximate surface area is 191 Å². The molecule has 1 saturated heterocycles. The van der Waals surface area contributed by atoms with Gasteiger partial charge in [-0.1, -0.05) is 6.07 Å². The molecule has 0 spiro atoms. The van der Waals surface area contributed by atoms with E-state index >= 15 is 0 Å². The smallest absolute Gasteiger partial charge is 0.255 e. The number of imide groups is 1. The summed E-state index contributed by atoms with van der Waals surface area (Å²) >= 11 is 0. The molecule has 8 nitrogen and oxygen atoms in total. The first-order valence-electron chi connectivity index (χ1n) is 10.5. The normalized spacial score (nSPS) is 19.3. The summed E-state index contributed by atoms with van der Waals surface area (Å²) in [6.45, 7) is 1.16. The van der Waals surface area contributed by atoms with Crippen molar-refractivity contribution < 1.29 is 19.2 Å². The molecular weight excluding hydrogens is 432 g/mol. The number of hydrogen-bond acceptors (Lipinski definition) is 5. The molecule has 0 saturated carbocycles. The minimum Gasteiger partial charge on any atom is -0.385 e. The molecule has 1 unspecified atom stereocenters. The SMILES string of the molecule is Cl.O=C1CCC(N2Cc3cc(C(=O)Nc4ccc5c(c4)NCCC5)ccc3C2=O)C(=O)N1. The van der Waals surface area contributed by atoms with Gasteiger partial charge < -0.3 is 15.5 Å². The van der Waals surface area contributed by atoms with Crippen molar-refractivity contribution in [2.45, 2.75) is 38.3 Å². The number of rotatable bonds is 3. The van der Waals surface area contributed by atoms with Crippen LogP contribution in [-0.4, -0.2) is 41.1 Å². The summed E-state index contributed by atoms with van der Waals surface area (Å²) in [4.78, 5) is 50.6. The van der Waals surface area contributed by atoms with Crippen LogP contribution in [0.25, 0.3) is 0 Å². The summed E-state index contributed by atoms with van der Waals surface area (Å²) in [5.41, 5.74) is 4.63. The first-order valence-corrected chi connectivity index (χ1v) is 10.5. The fourth-order valence-electron chi connectivity index (χ4n) is 4.46. The van der Waals surface area contributed by atoms with E-state index < -0.39 is 11.9 Å². The maximum absolute atomic E-state index is 12.8. The van der Waals surface area contributed by atoms with Gasteiger partial charge in [0.2, 0.25) is 11.8 Å². The Morgan fingerprint density at radius 3 is 2.69 bits per heavy atom. The Kier molecular flexibility index (Phi) is 5.88. The molecule has 5 rings (SSSR count). The van der Waals surface area contributed by atoms with Crippen LogP contribution in [0.5, 0.6) is 0 Å². The zero-order valence-electron chi connectivity index (χ0n) is 17.3. The highest BCUT2D eigenvalue weighted by Gasteiger charge is 2.39. The van der Waals surface area contributed by atoms with Crippen LogP contribution in [0.3, 0.4) is 0 Å². The largest absolute Gasteiger partial charge is 0.385 e. The van der Waals surface area contributed by atoms with Gasteiger partial charge in [0.1, 0.15) is 6.04 Å². The van der Waals surface area contributed by atoms with Crippen molar-refractivity contribution in [2.24, 2.45) is 0 Å². The van der Waals surface area contributed by atoms with Gasteiger partial charge in [0, 0.05) is 42.0 Å². The molecule has 2 aromatic carbocycles. The second-order valence-corrected chi connectivity index (χ2v) is 8.13. The van der Waals surface area contributed by atoms with Crippen molar-refractivity contribution in [1.29, 1.82) is 0 Å². The summed E-state index contributed by atoms with van der Waals surface area (Å²) in [6, 6.07) is 10.1. The van der Waals surface area contributed by atoms with E-state index in [-0.39, 0.29) is 43.1 Å². The van der Waals surface area contributed by atoms with E-state index in [1.165, 1.54) is 10.5 Å². The van der Waals surface area contributed by atoms with Crippen LogP contribution in [0.15, 0.2) is 36.4 Å². The van der Waals surface area contributed by atoms with Gasteiger partial charge >= 0.3 is 0 Å². The second-order valence-electron chi connectivity index (χ2n) is 8.13. The van der Waals surface area contributed by atoms with Crippen molar-refractivity contribution in [3.8, 4) is 0 Å². The number of nitrogens with zero attached hydrogens (tertiary/aromatic N) is 1. The van der Waals surface area contributed by atoms with Gasteiger partial charge in [0.15, 0.2) is 0 Å². The predicted octanol–water partition coefficient (Wildman–Crippen LogP) is 2.48. The minimum absolute atomic E-state index is 0. The highest BCUT2D eigenvalue weighted by Crippen LogP contribution is 2.29. The Bertz CT molecular complexity index is 1130. The first kappa shape index (κ1) is 21.8. The summed E-state index contributed by atoms with van der Waals surface area (Å²) in [5, 5.41) is 8.56. The number of anilines is 2. The molecule has 4 amide bonds. The van der Waals surface area contributed by atoms with Crippen LogP contribution in [0, 0.1) is 0 Å². The van der Waals surface area contributed by atoms with Crippen LogP contribution < -0.4 is 16.0 Å². The van der Waals surface area contributed by atoms with Crippen LogP contribution in [0.1, 0.15) is 51.1 Å². The van der Waals surface area contributed by atoms with Gasteiger partial charge in [-0.05, 0) is 60.7 Å². The van der Waals surface area contributed by atoms with Gasteiger partial charge in [-0.3, -0.25) is 24.5 Å². The minimum atomic E-state index is -0.669. The Hall–Kier alpha value is -3.39. The Balaban J connectivity index is 0.00000245. The zero-order valence-corrected chi connectivity index (χ0v) is 18.1. The van der Waals surface area contributed by atoms with E-state index in [1.807, 2.05) is 18.2 Å². The van der Waals surface area contributed by atoms with Crippen molar-refractivity contribution in [3.63, 3.8) is 0 Å². The van der Waals surface area contributed by atoms with Crippen LogP contribution >= 0.6 is 12.4 Å². The summed E-state index contributed by atoms with van der Waals surface area (Å²) in [7, 11) is 0. The van der Waals surface area contributed by atoms with E-state index in [0.717, 1.165) is 25.1 Å². The molecule has 3 heterocycles. The zero-order chi connectivity index (χ0) is 21.5. The average Bonchev–Trinajstić information content (AvgIpc) is 3.09. The maximum Gasteiger partial charge on any atom is 0.255 e. The van der Waals surface area contributed by atoms with E-state index in [4.69, 9.17) is 0 Å². The van der Waals surface area contributed by atoms with Gasteiger partial charge in [-0.25, -0.2) is 0 Å². The topological polar surface area (TPSA) is 108 Å². The number of benzene rings is 2. The lowest BCUT2D eigenvalue weighted by atomic mass is 10.0. The fraction of sp³-hybridized carbons (Fsp3) is 0.304. The second kappa shape index (κ2) is 8.63. The monoisotopic (exact) mass is 454 g/mol. The predicted molar refractivity (Wildman–Crippen MR) is 121 cm³/mol. The summed E-state index contributed by atoms with van der Waals surface area (Å²) < 4.78 is 0. The number of aryl methyl sites for hydroxylation is 1. The van der Waals surface area contributed by atoms with Crippen molar-refractivity contribution in [3.05, 3.63) is 58.7 Å². The summed E-state index contributed by atoms with van der Waals surface area (Å²) in [5.74, 6) is -1.28. The van der Waals surface area contributed by atoms with E-state index in [2.05, 4.69) is 16.0 Å². The highest BCUT2D eigenvalue weighted by molar-refractivity contribution is 6.08. The van der Waals surface area contributed by atoms with Crippen molar-refractivity contribution in [2.75, 3.05) is 17.2 Å². The van der Waals surface area contributed by atoms with E-state index in [9.17, 15) is 19.2 Å². The van der Waals surface area contributed by atoms with Gasteiger partial charge in [0.25, 0.3) is 11.8 Å².